The molecule has 0 radical (unpaired) electrons. The zero-order valence-corrected chi connectivity index (χ0v) is 12.1. The number of carbonyl (C=O) groups is 2. The molecule has 100 valence electrons. The molecule has 1 amide bonds. The minimum absolute atomic E-state index is 0.0893. The number of rotatable bonds is 3. The highest BCUT2D eigenvalue weighted by Crippen LogP contribution is 2.19. The first-order valence-corrected chi connectivity index (χ1v) is 6.40. The van der Waals surface area contributed by atoms with Crippen molar-refractivity contribution in [1.29, 1.82) is 0 Å². The Kier molecular flexibility index (Phi) is 4.45. The monoisotopic (exact) mass is 270 g/mol. The summed E-state index contributed by atoms with van der Waals surface area (Å²) >= 11 is 1.24. The predicted molar refractivity (Wildman–Crippen MR) is 69.8 cm³/mol. The van der Waals surface area contributed by atoms with Crippen molar-refractivity contribution in [2.24, 2.45) is 0 Å². The van der Waals surface area contributed by atoms with E-state index in [1.165, 1.54) is 18.4 Å². The Morgan fingerprint density at radius 2 is 2.00 bits per heavy atom. The van der Waals surface area contributed by atoms with E-state index in [1.807, 2.05) is 20.8 Å². The van der Waals surface area contributed by atoms with Gasteiger partial charge in [-0.2, -0.15) is 0 Å². The van der Waals surface area contributed by atoms with Crippen LogP contribution in [0.2, 0.25) is 0 Å². The summed E-state index contributed by atoms with van der Waals surface area (Å²) in [5.74, 6) is -0.600. The van der Waals surface area contributed by atoms with E-state index in [0.29, 0.717) is 10.6 Å². The van der Waals surface area contributed by atoms with Crippen LogP contribution in [0.3, 0.4) is 0 Å². The zero-order valence-electron chi connectivity index (χ0n) is 11.3. The molecule has 0 aliphatic carbocycles. The number of hydrogen-bond donors (Lipinski definition) is 1. The number of methoxy groups -OCH3 is 1. The number of aromatic nitrogens is 1. The first kappa shape index (κ1) is 14.6. The van der Waals surface area contributed by atoms with E-state index in [0.717, 1.165) is 5.01 Å². The molecule has 1 heterocycles. The summed E-state index contributed by atoms with van der Waals surface area (Å²) in [6.45, 7) is 7.50. The number of carbonyl (C=O) groups excluding carboxylic acids is 2. The topological polar surface area (TPSA) is 68.3 Å². The summed E-state index contributed by atoms with van der Waals surface area (Å²) in [7, 11) is 1.32. The summed E-state index contributed by atoms with van der Waals surface area (Å²) in [5.41, 5.74) is 0.180. The van der Waals surface area contributed by atoms with Crippen LogP contribution in [0.15, 0.2) is 0 Å². The van der Waals surface area contributed by atoms with E-state index in [9.17, 15) is 9.59 Å². The van der Waals surface area contributed by atoms with Gasteiger partial charge in [-0.25, -0.2) is 9.78 Å². The van der Waals surface area contributed by atoms with Crippen LogP contribution in [0, 0.1) is 6.92 Å². The number of nitrogens with zero attached hydrogens (tertiary/aromatic N) is 1. The van der Waals surface area contributed by atoms with Crippen molar-refractivity contribution >= 4 is 23.2 Å². The fourth-order valence-corrected chi connectivity index (χ4v) is 2.31. The Balaban J connectivity index is 2.84. The zero-order chi connectivity index (χ0) is 13.9. The Morgan fingerprint density at radius 3 is 2.50 bits per heavy atom. The molecule has 0 fully saturated rings. The standard InChI is InChI=1S/C12H18N2O3S/c1-7-13-8(10(18-7)11(16)17-5)6-9(15)14-12(2,3)4/h6H2,1-5H3,(H,14,15). The molecule has 0 saturated carbocycles. The number of thiazole rings is 1. The molecular formula is C12H18N2O3S. The van der Waals surface area contributed by atoms with Crippen molar-refractivity contribution in [3.05, 3.63) is 15.6 Å². The number of amides is 1. The fraction of sp³-hybridized carbons (Fsp3) is 0.583. The third-order valence-electron chi connectivity index (χ3n) is 2.02. The molecule has 0 aliphatic heterocycles. The minimum Gasteiger partial charge on any atom is -0.465 e. The average Bonchev–Trinajstić information content (AvgIpc) is 2.55. The normalized spacial score (nSPS) is 11.2. The van der Waals surface area contributed by atoms with Gasteiger partial charge in [0.05, 0.1) is 24.2 Å². The maximum atomic E-state index is 11.8. The molecule has 1 aromatic rings. The van der Waals surface area contributed by atoms with Crippen LogP contribution in [-0.2, 0) is 16.0 Å². The summed E-state index contributed by atoms with van der Waals surface area (Å²) in [4.78, 5) is 27.9. The van der Waals surface area contributed by atoms with Gasteiger partial charge in [0.25, 0.3) is 0 Å². The first-order chi connectivity index (χ1) is 8.23. The lowest BCUT2D eigenvalue weighted by atomic mass is 10.1. The lowest BCUT2D eigenvalue weighted by Crippen LogP contribution is -2.41. The molecule has 0 unspecified atom stereocenters. The van der Waals surface area contributed by atoms with Gasteiger partial charge in [-0.3, -0.25) is 4.79 Å². The molecule has 0 bridgehead atoms. The van der Waals surface area contributed by atoms with Crippen molar-refractivity contribution < 1.29 is 14.3 Å². The van der Waals surface area contributed by atoms with Crippen molar-refractivity contribution in [3.8, 4) is 0 Å². The SMILES string of the molecule is COC(=O)c1sc(C)nc1CC(=O)NC(C)(C)C. The van der Waals surface area contributed by atoms with Crippen LogP contribution >= 0.6 is 11.3 Å². The van der Waals surface area contributed by atoms with Crippen molar-refractivity contribution in [1.82, 2.24) is 10.3 Å². The Hall–Kier alpha value is -1.43. The quantitative estimate of drug-likeness (QED) is 0.849. The highest BCUT2D eigenvalue weighted by atomic mass is 32.1. The first-order valence-electron chi connectivity index (χ1n) is 5.58. The second-order valence-electron chi connectivity index (χ2n) is 4.98. The molecule has 1 rings (SSSR count). The van der Waals surface area contributed by atoms with Crippen LogP contribution in [0.4, 0.5) is 0 Å². The lowest BCUT2D eigenvalue weighted by molar-refractivity contribution is -0.121. The lowest BCUT2D eigenvalue weighted by Gasteiger charge is -2.20. The molecule has 5 nitrogen and oxygen atoms in total. The van der Waals surface area contributed by atoms with Gasteiger partial charge in [0.15, 0.2) is 0 Å². The summed E-state index contributed by atoms with van der Waals surface area (Å²) in [6.07, 6.45) is 0.0893. The molecular weight excluding hydrogens is 252 g/mol. The van der Waals surface area contributed by atoms with Crippen molar-refractivity contribution in [2.75, 3.05) is 7.11 Å². The van der Waals surface area contributed by atoms with Gasteiger partial charge in [0.1, 0.15) is 4.88 Å². The predicted octanol–water partition coefficient (Wildman–Crippen LogP) is 1.70. The van der Waals surface area contributed by atoms with Crippen LogP contribution in [0.5, 0.6) is 0 Å². The molecule has 0 saturated heterocycles. The van der Waals surface area contributed by atoms with Crippen molar-refractivity contribution in [2.45, 2.75) is 39.7 Å². The molecule has 18 heavy (non-hydrogen) atoms. The molecule has 1 N–H and O–H groups in total. The van der Waals surface area contributed by atoms with E-state index in [-0.39, 0.29) is 17.9 Å². The smallest absolute Gasteiger partial charge is 0.350 e. The third kappa shape index (κ3) is 4.10. The molecule has 0 aromatic carbocycles. The molecule has 0 spiro atoms. The molecule has 6 heteroatoms. The van der Waals surface area contributed by atoms with Gasteiger partial charge in [-0.1, -0.05) is 0 Å². The summed E-state index contributed by atoms with van der Waals surface area (Å²) in [6, 6.07) is 0. The van der Waals surface area contributed by atoms with Crippen LogP contribution in [-0.4, -0.2) is 29.5 Å². The number of ether oxygens (including phenoxy) is 1. The van der Waals surface area contributed by atoms with E-state index in [4.69, 9.17) is 0 Å². The van der Waals surface area contributed by atoms with Crippen LogP contribution in [0.25, 0.3) is 0 Å². The summed E-state index contributed by atoms with van der Waals surface area (Å²) in [5, 5.41) is 3.58. The number of nitrogens with one attached hydrogen (secondary N) is 1. The van der Waals surface area contributed by atoms with Crippen LogP contribution < -0.4 is 5.32 Å². The number of hydrogen-bond acceptors (Lipinski definition) is 5. The maximum Gasteiger partial charge on any atom is 0.350 e. The third-order valence-corrected chi connectivity index (χ3v) is 3.01. The van der Waals surface area contributed by atoms with Gasteiger partial charge < -0.3 is 10.1 Å². The average molecular weight is 270 g/mol. The van der Waals surface area contributed by atoms with Gasteiger partial charge in [0.2, 0.25) is 5.91 Å². The van der Waals surface area contributed by atoms with Gasteiger partial charge in [-0.05, 0) is 27.7 Å². The van der Waals surface area contributed by atoms with E-state index < -0.39 is 5.97 Å². The maximum absolute atomic E-state index is 11.8. The largest absolute Gasteiger partial charge is 0.465 e. The van der Waals surface area contributed by atoms with Crippen LogP contribution in [0.1, 0.15) is 41.1 Å². The van der Waals surface area contributed by atoms with E-state index >= 15 is 0 Å². The number of aryl methyl sites for hydroxylation is 1. The van der Waals surface area contributed by atoms with Gasteiger partial charge in [-0.15, -0.1) is 11.3 Å². The van der Waals surface area contributed by atoms with Gasteiger partial charge >= 0.3 is 5.97 Å². The Bertz CT molecular complexity index is 460. The number of esters is 1. The second kappa shape index (κ2) is 5.48. The minimum atomic E-state index is -0.445. The Morgan fingerprint density at radius 1 is 1.39 bits per heavy atom. The second-order valence-corrected chi connectivity index (χ2v) is 6.18. The van der Waals surface area contributed by atoms with E-state index in [2.05, 4.69) is 15.0 Å². The highest BCUT2D eigenvalue weighted by molar-refractivity contribution is 7.13. The van der Waals surface area contributed by atoms with E-state index in [1.54, 1.807) is 6.92 Å². The molecule has 1 aromatic heterocycles. The van der Waals surface area contributed by atoms with Crippen molar-refractivity contribution in [3.63, 3.8) is 0 Å². The fourth-order valence-electron chi connectivity index (χ4n) is 1.46. The summed E-state index contributed by atoms with van der Waals surface area (Å²) < 4.78 is 4.67. The van der Waals surface area contributed by atoms with Gasteiger partial charge in [0, 0.05) is 5.54 Å². The Labute approximate surface area is 111 Å². The highest BCUT2D eigenvalue weighted by Gasteiger charge is 2.21. The molecule has 0 aliphatic rings. The molecule has 0 atom stereocenters.